The summed E-state index contributed by atoms with van der Waals surface area (Å²) in [4.78, 5) is 9.85. The first-order valence-electron chi connectivity index (χ1n) is 10.4. The maximum absolute atomic E-state index is 15.6. The molecule has 0 unspecified atom stereocenters. The molecular formula is C24H20F3N5O3S. The Bertz CT molecular complexity index is 1590. The predicted molar refractivity (Wildman–Crippen MR) is 127 cm³/mol. The lowest BCUT2D eigenvalue weighted by Gasteiger charge is -2.16. The third-order valence-corrected chi connectivity index (χ3v) is 7.27. The van der Waals surface area contributed by atoms with Gasteiger partial charge in [-0.2, -0.15) is 0 Å². The summed E-state index contributed by atoms with van der Waals surface area (Å²) in [6.45, 7) is 1.54. The molecule has 12 heteroatoms. The monoisotopic (exact) mass is 515 g/mol. The molecule has 2 aromatic heterocycles. The van der Waals surface area contributed by atoms with Crippen molar-refractivity contribution in [2.45, 2.75) is 17.6 Å². The fraction of sp³-hybridized carbons (Fsp3) is 0.125. The Morgan fingerprint density at radius 3 is 2.58 bits per heavy atom. The second-order valence-electron chi connectivity index (χ2n) is 7.83. The van der Waals surface area contributed by atoms with Gasteiger partial charge in [0.2, 0.25) is 5.88 Å². The second kappa shape index (κ2) is 9.46. The standard InChI is InChI=1S/C24H20F3N5O3S/c1-12-15(4-5-16(21(12)28)22(29)23-30-7-8-31-23)19-17(26)6-3-13(20(19)27)11-36(33,34)18-9-14(25)10-32-24(18)35-2/h3-10,29H,11,28H2,1-2H3,(H,30,31). The zero-order valence-electron chi connectivity index (χ0n) is 19.1. The Hall–Kier alpha value is -4.19. The summed E-state index contributed by atoms with van der Waals surface area (Å²) in [6, 6.07) is 5.51. The fourth-order valence-electron chi connectivity index (χ4n) is 3.77. The normalized spacial score (nSPS) is 11.5. The molecular weight excluding hydrogens is 495 g/mol. The number of aromatic nitrogens is 3. The Labute approximate surface area is 204 Å². The van der Waals surface area contributed by atoms with Crippen molar-refractivity contribution < 1.29 is 26.3 Å². The number of nitrogens with zero attached hydrogens (tertiary/aromatic N) is 2. The van der Waals surface area contributed by atoms with Crippen molar-refractivity contribution in [3.8, 4) is 17.0 Å². The summed E-state index contributed by atoms with van der Waals surface area (Å²) in [6.07, 6.45) is 3.80. The van der Waals surface area contributed by atoms with Crippen LogP contribution >= 0.6 is 0 Å². The number of anilines is 1. The van der Waals surface area contributed by atoms with E-state index in [4.69, 9.17) is 15.9 Å². The quantitative estimate of drug-likeness (QED) is 0.250. The number of nitrogen functional groups attached to an aromatic ring is 1. The number of hydrogen-bond donors (Lipinski definition) is 3. The molecule has 0 aliphatic carbocycles. The SMILES string of the molecule is COc1ncc(F)cc1S(=O)(=O)Cc1ccc(F)c(-c2ccc(C(=N)c3ncc[nH]3)c(N)c2C)c1F. The van der Waals surface area contributed by atoms with Crippen molar-refractivity contribution in [2.75, 3.05) is 12.8 Å². The highest BCUT2D eigenvalue weighted by Gasteiger charge is 2.27. The molecule has 0 bridgehead atoms. The highest BCUT2D eigenvalue weighted by molar-refractivity contribution is 7.90. The Kier molecular flexibility index (Phi) is 6.55. The lowest BCUT2D eigenvalue weighted by molar-refractivity contribution is 0.382. The first-order valence-corrected chi connectivity index (χ1v) is 12.1. The lowest BCUT2D eigenvalue weighted by atomic mass is 9.93. The van der Waals surface area contributed by atoms with E-state index in [1.807, 2.05) is 0 Å². The molecule has 36 heavy (non-hydrogen) atoms. The molecule has 0 fully saturated rings. The molecule has 0 amide bonds. The molecule has 2 heterocycles. The van der Waals surface area contributed by atoms with Gasteiger partial charge in [0, 0.05) is 29.2 Å². The maximum Gasteiger partial charge on any atom is 0.232 e. The van der Waals surface area contributed by atoms with Gasteiger partial charge in [0.15, 0.2) is 15.7 Å². The van der Waals surface area contributed by atoms with E-state index < -0.39 is 43.5 Å². The smallest absolute Gasteiger partial charge is 0.232 e. The van der Waals surface area contributed by atoms with E-state index in [-0.39, 0.29) is 39.8 Å². The van der Waals surface area contributed by atoms with Crippen LogP contribution in [0.25, 0.3) is 11.1 Å². The largest absolute Gasteiger partial charge is 0.480 e. The number of halogens is 3. The summed E-state index contributed by atoms with van der Waals surface area (Å²) >= 11 is 0. The van der Waals surface area contributed by atoms with Crippen LogP contribution in [0.1, 0.15) is 22.5 Å². The summed E-state index contributed by atoms with van der Waals surface area (Å²) < 4.78 is 75.0. The zero-order valence-corrected chi connectivity index (χ0v) is 19.9. The highest BCUT2D eigenvalue weighted by atomic mass is 32.2. The summed E-state index contributed by atoms with van der Waals surface area (Å²) in [7, 11) is -3.16. The number of pyridine rings is 1. The Morgan fingerprint density at radius 2 is 1.92 bits per heavy atom. The number of nitrogens with one attached hydrogen (secondary N) is 2. The minimum Gasteiger partial charge on any atom is -0.480 e. The van der Waals surface area contributed by atoms with E-state index in [1.165, 1.54) is 25.3 Å². The molecule has 2 aromatic carbocycles. The molecule has 0 radical (unpaired) electrons. The van der Waals surface area contributed by atoms with Gasteiger partial charge in [-0.1, -0.05) is 12.1 Å². The topological polar surface area (TPSA) is 135 Å². The number of ether oxygens (including phenoxy) is 1. The zero-order chi connectivity index (χ0) is 26.2. The van der Waals surface area contributed by atoms with Crippen molar-refractivity contribution in [1.82, 2.24) is 15.0 Å². The van der Waals surface area contributed by atoms with Gasteiger partial charge in [0.05, 0.1) is 24.6 Å². The van der Waals surface area contributed by atoms with Gasteiger partial charge in [-0.3, -0.25) is 5.41 Å². The average molecular weight is 516 g/mol. The van der Waals surface area contributed by atoms with Crippen molar-refractivity contribution in [3.05, 3.63) is 88.9 Å². The van der Waals surface area contributed by atoms with Crippen LogP contribution in [0.3, 0.4) is 0 Å². The Morgan fingerprint density at radius 1 is 1.17 bits per heavy atom. The number of rotatable bonds is 7. The van der Waals surface area contributed by atoms with E-state index in [0.717, 1.165) is 31.5 Å². The van der Waals surface area contributed by atoms with Crippen LogP contribution in [-0.2, 0) is 15.6 Å². The van der Waals surface area contributed by atoms with Gasteiger partial charge in [-0.05, 0) is 36.2 Å². The second-order valence-corrected chi connectivity index (χ2v) is 9.79. The molecule has 0 spiro atoms. The van der Waals surface area contributed by atoms with Gasteiger partial charge < -0.3 is 15.5 Å². The first kappa shape index (κ1) is 24.9. The van der Waals surface area contributed by atoms with Crippen LogP contribution in [-0.4, -0.2) is 36.2 Å². The predicted octanol–water partition coefficient (Wildman–Crippen LogP) is 4.18. The molecule has 0 aliphatic heterocycles. The van der Waals surface area contributed by atoms with Crippen LogP contribution in [0.4, 0.5) is 18.9 Å². The molecule has 0 aliphatic rings. The van der Waals surface area contributed by atoms with Gasteiger partial charge in [0.1, 0.15) is 28.1 Å². The number of hydrogen-bond acceptors (Lipinski definition) is 7. The van der Waals surface area contributed by atoms with E-state index in [1.54, 1.807) is 6.20 Å². The van der Waals surface area contributed by atoms with E-state index >= 15 is 4.39 Å². The first-order chi connectivity index (χ1) is 17.0. The lowest BCUT2D eigenvalue weighted by Crippen LogP contribution is -2.11. The minimum atomic E-state index is -4.33. The summed E-state index contributed by atoms with van der Waals surface area (Å²) in [5.74, 6) is -3.95. The molecule has 0 atom stereocenters. The number of aromatic amines is 1. The molecule has 4 N–H and O–H groups in total. The van der Waals surface area contributed by atoms with Crippen LogP contribution in [0.5, 0.6) is 5.88 Å². The number of H-pyrrole nitrogens is 1. The number of methoxy groups -OCH3 is 1. The molecule has 4 aromatic rings. The minimum absolute atomic E-state index is 0.00871. The summed E-state index contributed by atoms with van der Waals surface area (Å²) in [5, 5.41) is 8.32. The molecule has 0 saturated heterocycles. The van der Waals surface area contributed by atoms with Gasteiger partial charge >= 0.3 is 0 Å². The number of benzene rings is 2. The van der Waals surface area contributed by atoms with E-state index in [0.29, 0.717) is 5.56 Å². The van der Waals surface area contributed by atoms with Crippen molar-refractivity contribution >= 4 is 21.2 Å². The number of sulfone groups is 1. The third kappa shape index (κ3) is 4.42. The summed E-state index contributed by atoms with van der Waals surface area (Å²) in [5.41, 5.74) is 6.17. The molecule has 8 nitrogen and oxygen atoms in total. The van der Waals surface area contributed by atoms with Gasteiger partial charge in [-0.25, -0.2) is 31.6 Å². The van der Waals surface area contributed by atoms with Crippen LogP contribution in [0.15, 0.2) is 53.8 Å². The molecule has 4 rings (SSSR count). The Balaban J connectivity index is 1.78. The van der Waals surface area contributed by atoms with Crippen LogP contribution in [0, 0.1) is 29.8 Å². The molecule has 0 saturated carbocycles. The van der Waals surface area contributed by atoms with E-state index in [2.05, 4.69) is 15.0 Å². The van der Waals surface area contributed by atoms with Crippen molar-refractivity contribution in [1.29, 1.82) is 5.41 Å². The highest BCUT2D eigenvalue weighted by Crippen LogP contribution is 2.36. The third-order valence-electron chi connectivity index (χ3n) is 5.62. The number of nitrogens with two attached hydrogens (primary N) is 1. The van der Waals surface area contributed by atoms with E-state index in [9.17, 15) is 17.2 Å². The molecule has 186 valence electrons. The van der Waals surface area contributed by atoms with Gasteiger partial charge in [0.25, 0.3) is 0 Å². The number of imidazole rings is 1. The fourth-order valence-corrected chi connectivity index (χ4v) is 5.25. The maximum atomic E-state index is 15.6. The van der Waals surface area contributed by atoms with Crippen LogP contribution in [0.2, 0.25) is 0 Å². The van der Waals surface area contributed by atoms with Crippen LogP contribution < -0.4 is 10.5 Å². The van der Waals surface area contributed by atoms with Crippen molar-refractivity contribution in [3.63, 3.8) is 0 Å². The van der Waals surface area contributed by atoms with Crippen molar-refractivity contribution in [2.24, 2.45) is 0 Å². The van der Waals surface area contributed by atoms with Gasteiger partial charge in [-0.15, -0.1) is 0 Å². The average Bonchev–Trinajstić information content (AvgIpc) is 3.38.